The van der Waals surface area contributed by atoms with Crippen LogP contribution < -0.4 is 5.43 Å². The topological polar surface area (TPSA) is 38.5 Å². The summed E-state index contributed by atoms with van der Waals surface area (Å²) in [5, 5.41) is 6.91. The first-order chi connectivity index (χ1) is 14.9. The van der Waals surface area contributed by atoms with Crippen molar-refractivity contribution in [3.8, 4) is 5.69 Å². The van der Waals surface area contributed by atoms with Crippen LogP contribution in [0.25, 0.3) is 27.5 Å². The van der Waals surface area contributed by atoms with Crippen LogP contribution in [0.4, 0.5) is 0 Å². The number of hydrazone groups is 1. The minimum atomic E-state index is -0.252. The van der Waals surface area contributed by atoms with E-state index in [1.807, 2.05) is 30.3 Å². The van der Waals surface area contributed by atoms with Crippen molar-refractivity contribution < 1.29 is 4.74 Å². The molecule has 1 atom stereocenters. The Morgan fingerprint density at radius 3 is 1.93 bits per heavy atom. The summed E-state index contributed by atoms with van der Waals surface area (Å²) in [6.07, 6.45) is -0.252. The molecule has 1 aromatic heterocycles. The van der Waals surface area contributed by atoms with E-state index < -0.39 is 0 Å². The van der Waals surface area contributed by atoms with Crippen LogP contribution in [0.15, 0.2) is 108 Å². The Balaban J connectivity index is 1.36. The summed E-state index contributed by atoms with van der Waals surface area (Å²) in [6.45, 7) is 0. The van der Waals surface area contributed by atoms with Crippen LogP contribution in [0, 0.1) is 0 Å². The summed E-state index contributed by atoms with van der Waals surface area (Å²) < 4.78 is 8.34. The average Bonchev–Trinajstić information content (AvgIpc) is 3.43. The van der Waals surface area contributed by atoms with Gasteiger partial charge in [-0.15, -0.1) is 5.10 Å². The maximum absolute atomic E-state index is 6.04. The van der Waals surface area contributed by atoms with E-state index >= 15 is 0 Å². The molecule has 0 fully saturated rings. The van der Waals surface area contributed by atoms with Gasteiger partial charge in [0, 0.05) is 27.6 Å². The van der Waals surface area contributed by atoms with E-state index in [9.17, 15) is 0 Å². The fraction of sp³-hybridized carbons (Fsp3) is 0.0385. The maximum atomic E-state index is 6.04. The highest BCUT2D eigenvalue weighted by atomic mass is 16.5. The smallest absolute Gasteiger partial charge is 0.240 e. The first kappa shape index (κ1) is 16.9. The molecule has 4 nitrogen and oxygen atoms in total. The maximum Gasteiger partial charge on any atom is 0.240 e. The molecule has 0 saturated heterocycles. The number of nitrogens with zero attached hydrogens (tertiary/aromatic N) is 2. The van der Waals surface area contributed by atoms with E-state index in [1.165, 1.54) is 21.8 Å². The third kappa shape index (κ3) is 2.65. The second-order valence-corrected chi connectivity index (χ2v) is 7.37. The molecular weight excluding hydrogens is 370 g/mol. The van der Waals surface area contributed by atoms with Crippen molar-refractivity contribution in [2.75, 3.05) is 0 Å². The van der Waals surface area contributed by atoms with Crippen molar-refractivity contribution in [3.63, 3.8) is 0 Å². The quantitative estimate of drug-likeness (QED) is 0.426. The van der Waals surface area contributed by atoms with Crippen LogP contribution in [0.2, 0.25) is 0 Å². The third-order valence-corrected chi connectivity index (χ3v) is 5.57. The molecule has 1 N–H and O–H groups in total. The highest BCUT2D eigenvalue weighted by Gasteiger charge is 2.22. The molecule has 0 aliphatic carbocycles. The lowest BCUT2D eigenvalue weighted by atomic mass is 10.2. The van der Waals surface area contributed by atoms with Gasteiger partial charge in [0.25, 0.3) is 0 Å². The number of rotatable bonds is 3. The van der Waals surface area contributed by atoms with Crippen molar-refractivity contribution in [1.29, 1.82) is 0 Å². The van der Waals surface area contributed by atoms with E-state index in [0.29, 0.717) is 5.90 Å². The number of ether oxygens (including phenoxy) is 1. The van der Waals surface area contributed by atoms with Gasteiger partial charge >= 0.3 is 0 Å². The number of hydrogen-bond acceptors (Lipinski definition) is 3. The number of hydrogen-bond donors (Lipinski definition) is 1. The lowest BCUT2D eigenvalue weighted by Gasteiger charge is -2.12. The first-order valence-corrected chi connectivity index (χ1v) is 10.0. The second-order valence-electron chi connectivity index (χ2n) is 7.37. The fourth-order valence-electron chi connectivity index (χ4n) is 4.14. The molecular formula is C26H19N3O. The van der Waals surface area contributed by atoms with Crippen molar-refractivity contribution in [3.05, 3.63) is 114 Å². The molecule has 30 heavy (non-hydrogen) atoms. The molecule has 4 heteroatoms. The normalized spacial score (nSPS) is 15.7. The Hall–Kier alpha value is -4.05. The average molecular weight is 389 g/mol. The zero-order valence-corrected chi connectivity index (χ0v) is 16.2. The lowest BCUT2D eigenvalue weighted by molar-refractivity contribution is 0.192. The van der Waals surface area contributed by atoms with Gasteiger partial charge < -0.3 is 9.30 Å². The zero-order chi connectivity index (χ0) is 19.9. The summed E-state index contributed by atoms with van der Waals surface area (Å²) in [5.74, 6) is 0.609. The first-order valence-electron chi connectivity index (χ1n) is 10.0. The molecule has 1 unspecified atom stereocenters. The minimum Gasteiger partial charge on any atom is -0.446 e. The summed E-state index contributed by atoms with van der Waals surface area (Å²) in [7, 11) is 0. The van der Waals surface area contributed by atoms with Crippen LogP contribution in [0.1, 0.15) is 17.4 Å². The van der Waals surface area contributed by atoms with E-state index in [0.717, 1.165) is 16.8 Å². The Kier molecular flexibility index (Phi) is 3.81. The molecule has 1 aliphatic rings. The van der Waals surface area contributed by atoms with Crippen LogP contribution >= 0.6 is 0 Å². The van der Waals surface area contributed by atoms with Crippen LogP contribution in [-0.2, 0) is 4.74 Å². The molecule has 0 amide bonds. The molecule has 6 rings (SSSR count). The Labute approximate surface area is 174 Å². The molecule has 2 heterocycles. The predicted octanol–water partition coefficient (Wildman–Crippen LogP) is 5.76. The van der Waals surface area contributed by atoms with Gasteiger partial charge in [0.05, 0.1) is 11.0 Å². The summed E-state index contributed by atoms with van der Waals surface area (Å²) in [6, 6.07) is 35.5. The molecule has 0 spiro atoms. The Morgan fingerprint density at radius 2 is 1.27 bits per heavy atom. The van der Waals surface area contributed by atoms with E-state index in [2.05, 4.69) is 87.9 Å². The van der Waals surface area contributed by atoms with E-state index in [-0.39, 0.29) is 6.23 Å². The summed E-state index contributed by atoms with van der Waals surface area (Å²) >= 11 is 0. The van der Waals surface area contributed by atoms with Crippen molar-refractivity contribution in [1.82, 2.24) is 9.99 Å². The van der Waals surface area contributed by atoms with E-state index in [4.69, 9.17) is 4.74 Å². The van der Waals surface area contributed by atoms with Crippen LogP contribution in [0.5, 0.6) is 0 Å². The van der Waals surface area contributed by atoms with Gasteiger partial charge in [-0.25, -0.2) is 0 Å². The Bertz CT molecular complexity index is 1330. The number of aromatic nitrogens is 1. The van der Waals surface area contributed by atoms with Gasteiger partial charge in [0.15, 0.2) is 0 Å². The molecule has 5 aromatic rings. The number of benzene rings is 4. The summed E-state index contributed by atoms with van der Waals surface area (Å²) in [5.41, 5.74) is 8.59. The van der Waals surface area contributed by atoms with Crippen LogP contribution in [-0.4, -0.2) is 10.5 Å². The van der Waals surface area contributed by atoms with Gasteiger partial charge in [0.1, 0.15) is 0 Å². The molecule has 0 bridgehead atoms. The van der Waals surface area contributed by atoms with Gasteiger partial charge in [-0.05, 0) is 36.4 Å². The lowest BCUT2D eigenvalue weighted by Crippen LogP contribution is -2.12. The number of para-hydroxylation sites is 2. The number of fused-ring (bicyclic) bond motifs is 3. The molecule has 144 valence electrons. The monoisotopic (exact) mass is 389 g/mol. The zero-order valence-electron chi connectivity index (χ0n) is 16.2. The standard InChI is InChI=1S/C26H19N3O/c1-2-8-18(9-3-1)25-27-28-26(30-25)19-14-16-20(17-15-19)29-23-12-6-4-10-21(23)22-11-5-7-13-24(22)29/h1-17,25,27H. The minimum absolute atomic E-state index is 0.252. The SMILES string of the molecule is c1ccc(C2NN=C(c3ccc(-n4c5ccccc5c5ccccc54)cc3)O2)cc1. The highest BCUT2D eigenvalue weighted by Crippen LogP contribution is 2.32. The highest BCUT2D eigenvalue weighted by molar-refractivity contribution is 6.09. The molecule has 4 aromatic carbocycles. The molecule has 0 saturated carbocycles. The molecule has 1 aliphatic heterocycles. The van der Waals surface area contributed by atoms with Gasteiger partial charge in [-0.3, -0.25) is 5.43 Å². The van der Waals surface area contributed by atoms with Gasteiger partial charge in [-0.1, -0.05) is 66.7 Å². The fourth-order valence-corrected chi connectivity index (χ4v) is 4.14. The van der Waals surface area contributed by atoms with Crippen LogP contribution in [0.3, 0.4) is 0 Å². The predicted molar refractivity (Wildman–Crippen MR) is 121 cm³/mol. The van der Waals surface area contributed by atoms with Crippen molar-refractivity contribution >= 4 is 27.7 Å². The van der Waals surface area contributed by atoms with Crippen molar-refractivity contribution in [2.24, 2.45) is 5.10 Å². The van der Waals surface area contributed by atoms with Gasteiger partial charge in [0.2, 0.25) is 12.1 Å². The van der Waals surface area contributed by atoms with Gasteiger partial charge in [-0.2, -0.15) is 0 Å². The summed E-state index contributed by atoms with van der Waals surface area (Å²) in [4.78, 5) is 0. The largest absolute Gasteiger partial charge is 0.446 e. The van der Waals surface area contributed by atoms with E-state index in [1.54, 1.807) is 0 Å². The molecule has 0 radical (unpaired) electrons. The third-order valence-electron chi connectivity index (χ3n) is 5.57. The second kappa shape index (κ2) is 6.78. The Morgan fingerprint density at radius 1 is 0.667 bits per heavy atom. The number of nitrogens with one attached hydrogen (secondary N) is 1. The van der Waals surface area contributed by atoms with Crippen molar-refractivity contribution in [2.45, 2.75) is 6.23 Å².